The van der Waals surface area contributed by atoms with Gasteiger partial charge in [-0.1, -0.05) is 34.8 Å². The Hall–Kier alpha value is -1.62. The van der Waals surface area contributed by atoms with E-state index in [1.54, 1.807) is 0 Å². The molecule has 3 N–H and O–H groups in total. The summed E-state index contributed by atoms with van der Waals surface area (Å²) in [5.41, 5.74) is 5.71. The molecule has 4 nitrogen and oxygen atoms in total. The van der Waals surface area contributed by atoms with Crippen LogP contribution in [0.25, 0.3) is 0 Å². The summed E-state index contributed by atoms with van der Waals surface area (Å²) in [5.74, 6) is -0.474. The average molecular weight is 333 g/mol. The fraction of sp³-hybridized carbons (Fsp3) is 0. The van der Waals surface area contributed by atoms with Crippen LogP contribution in [0.15, 0.2) is 30.3 Å². The second kappa shape index (κ2) is 5.79. The van der Waals surface area contributed by atoms with Crippen LogP contribution in [0.5, 0.6) is 11.5 Å². The van der Waals surface area contributed by atoms with Crippen LogP contribution in [0.3, 0.4) is 0 Å². The highest BCUT2D eigenvalue weighted by atomic mass is 35.5. The number of hydrogen-bond donors (Lipinski definition) is 2. The topological polar surface area (TPSA) is 72.5 Å². The number of hydrogen-bond acceptors (Lipinski definition) is 3. The molecule has 0 atom stereocenters. The van der Waals surface area contributed by atoms with Crippen LogP contribution in [-0.4, -0.2) is 11.1 Å². The number of aromatic carboxylic acids is 1. The summed E-state index contributed by atoms with van der Waals surface area (Å²) in [5, 5.41) is 9.76. The van der Waals surface area contributed by atoms with Gasteiger partial charge < -0.3 is 15.6 Å². The van der Waals surface area contributed by atoms with Crippen LogP contribution in [0.4, 0.5) is 5.69 Å². The number of ether oxygens (including phenoxy) is 1. The molecule has 0 saturated heterocycles. The number of halogens is 3. The summed E-state index contributed by atoms with van der Waals surface area (Å²) in [6, 6.07) is 7.13. The monoisotopic (exact) mass is 331 g/mol. The van der Waals surface area contributed by atoms with E-state index in [0.717, 1.165) is 0 Å². The van der Waals surface area contributed by atoms with E-state index in [9.17, 15) is 4.79 Å². The van der Waals surface area contributed by atoms with Crippen molar-refractivity contribution < 1.29 is 14.6 Å². The molecule has 0 radical (unpaired) electrons. The number of carboxylic acids is 1. The van der Waals surface area contributed by atoms with Crippen molar-refractivity contribution in [2.45, 2.75) is 0 Å². The lowest BCUT2D eigenvalue weighted by Crippen LogP contribution is -2.02. The fourth-order valence-corrected chi connectivity index (χ4v) is 2.08. The predicted octanol–water partition coefficient (Wildman–Crippen LogP) is 4.72. The van der Waals surface area contributed by atoms with Crippen LogP contribution >= 0.6 is 34.8 Å². The maximum absolute atomic E-state index is 10.9. The highest BCUT2D eigenvalue weighted by molar-refractivity contribution is 6.43. The molecule has 0 aromatic heterocycles. The number of rotatable bonds is 3. The first-order chi connectivity index (χ1) is 9.38. The maximum atomic E-state index is 10.9. The van der Waals surface area contributed by atoms with Gasteiger partial charge in [-0.2, -0.15) is 0 Å². The summed E-state index contributed by atoms with van der Waals surface area (Å²) in [7, 11) is 0. The molecule has 0 amide bonds. The molecule has 0 fully saturated rings. The normalized spacial score (nSPS) is 10.3. The van der Waals surface area contributed by atoms with Crippen molar-refractivity contribution in [3.8, 4) is 11.5 Å². The van der Waals surface area contributed by atoms with Gasteiger partial charge >= 0.3 is 5.97 Å². The molecule has 7 heteroatoms. The van der Waals surface area contributed by atoms with Gasteiger partial charge in [-0.15, -0.1) is 0 Å². The Labute approximate surface area is 129 Å². The zero-order valence-corrected chi connectivity index (χ0v) is 12.1. The predicted molar refractivity (Wildman–Crippen MR) is 79.4 cm³/mol. The average Bonchev–Trinajstić information content (AvgIpc) is 2.35. The Balaban J connectivity index is 2.33. The third-order valence-electron chi connectivity index (χ3n) is 2.46. The minimum absolute atomic E-state index is 0.00224. The minimum atomic E-state index is -1.11. The summed E-state index contributed by atoms with van der Waals surface area (Å²) in [6.45, 7) is 0. The van der Waals surface area contributed by atoms with Gasteiger partial charge in [0.05, 0.1) is 20.6 Å². The SMILES string of the molecule is Nc1cc(Oc2cc(Cl)c(Cl)cc2Cl)ccc1C(=O)O. The second-order valence-corrected chi connectivity index (χ2v) is 5.07. The van der Waals surface area contributed by atoms with E-state index in [1.807, 2.05) is 0 Å². The van der Waals surface area contributed by atoms with Gasteiger partial charge in [0.2, 0.25) is 0 Å². The first kappa shape index (κ1) is 14.8. The molecule has 2 aromatic rings. The lowest BCUT2D eigenvalue weighted by molar-refractivity contribution is 0.0698. The standard InChI is InChI=1S/C13H8Cl3NO3/c14-8-4-10(16)12(5-9(8)15)20-6-1-2-7(13(18)19)11(17)3-6/h1-5H,17H2,(H,18,19). The fourth-order valence-electron chi connectivity index (χ4n) is 1.51. The molecule has 0 spiro atoms. The van der Waals surface area contributed by atoms with Gasteiger partial charge in [-0.25, -0.2) is 4.79 Å². The van der Waals surface area contributed by atoms with Crippen molar-refractivity contribution in [3.63, 3.8) is 0 Å². The van der Waals surface area contributed by atoms with E-state index in [4.69, 9.17) is 50.4 Å². The third kappa shape index (κ3) is 3.10. The van der Waals surface area contributed by atoms with E-state index in [-0.39, 0.29) is 16.3 Å². The molecule has 0 aliphatic heterocycles. The number of carboxylic acid groups (broad SMARTS) is 1. The highest BCUT2D eigenvalue weighted by Gasteiger charge is 2.11. The molecule has 20 heavy (non-hydrogen) atoms. The van der Waals surface area contributed by atoms with Gasteiger partial charge in [0.1, 0.15) is 11.5 Å². The Bertz CT molecular complexity index is 689. The quantitative estimate of drug-likeness (QED) is 0.630. The molecule has 0 bridgehead atoms. The molecule has 0 unspecified atom stereocenters. The molecule has 0 heterocycles. The Kier molecular flexibility index (Phi) is 4.28. The molecule has 2 rings (SSSR count). The number of carbonyl (C=O) groups is 1. The molecule has 104 valence electrons. The minimum Gasteiger partial charge on any atom is -0.478 e. The van der Waals surface area contributed by atoms with Crippen LogP contribution in [0, 0.1) is 0 Å². The summed E-state index contributed by atoms with van der Waals surface area (Å²) in [4.78, 5) is 10.9. The van der Waals surface area contributed by atoms with Crippen LogP contribution in [-0.2, 0) is 0 Å². The van der Waals surface area contributed by atoms with E-state index in [1.165, 1.54) is 30.3 Å². The third-order valence-corrected chi connectivity index (χ3v) is 3.47. The molecular weight excluding hydrogens is 325 g/mol. The van der Waals surface area contributed by atoms with E-state index in [2.05, 4.69) is 0 Å². The van der Waals surface area contributed by atoms with Crippen molar-refractivity contribution >= 4 is 46.5 Å². The van der Waals surface area contributed by atoms with Crippen molar-refractivity contribution in [2.24, 2.45) is 0 Å². The number of nitrogens with two attached hydrogens (primary N) is 1. The Morgan fingerprint density at radius 1 is 1.05 bits per heavy atom. The van der Waals surface area contributed by atoms with E-state index in [0.29, 0.717) is 21.5 Å². The second-order valence-electron chi connectivity index (χ2n) is 3.85. The van der Waals surface area contributed by atoms with Crippen molar-refractivity contribution in [3.05, 3.63) is 51.0 Å². The molecule has 0 aliphatic carbocycles. The zero-order valence-electron chi connectivity index (χ0n) is 9.86. The smallest absolute Gasteiger partial charge is 0.337 e. The molecular formula is C13H8Cl3NO3. The van der Waals surface area contributed by atoms with Gasteiger partial charge in [0.15, 0.2) is 0 Å². The van der Waals surface area contributed by atoms with E-state index < -0.39 is 5.97 Å². The molecule has 0 aliphatic rings. The summed E-state index contributed by atoms with van der Waals surface area (Å²) >= 11 is 17.7. The number of anilines is 1. The largest absolute Gasteiger partial charge is 0.478 e. The summed E-state index contributed by atoms with van der Waals surface area (Å²) in [6.07, 6.45) is 0. The molecule has 0 saturated carbocycles. The lowest BCUT2D eigenvalue weighted by Gasteiger charge is -2.10. The van der Waals surface area contributed by atoms with Crippen LogP contribution in [0.1, 0.15) is 10.4 Å². The zero-order chi connectivity index (χ0) is 14.9. The number of benzene rings is 2. The Morgan fingerprint density at radius 3 is 2.30 bits per heavy atom. The van der Waals surface area contributed by atoms with Crippen molar-refractivity contribution in [1.29, 1.82) is 0 Å². The van der Waals surface area contributed by atoms with Gasteiger partial charge in [-0.05, 0) is 18.2 Å². The first-order valence-corrected chi connectivity index (χ1v) is 6.47. The first-order valence-electron chi connectivity index (χ1n) is 5.33. The summed E-state index contributed by atoms with van der Waals surface area (Å²) < 4.78 is 5.51. The Morgan fingerprint density at radius 2 is 1.70 bits per heavy atom. The molecule has 2 aromatic carbocycles. The van der Waals surface area contributed by atoms with Crippen molar-refractivity contribution in [2.75, 3.05) is 5.73 Å². The lowest BCUT2D eigenvalue weighted by atomic mass is 10.2. The van der Waals surface area contributed by atoms with Gasteiger partial charge in [0, 0.05) is 17.8 Å². The number of nitrogen functional groups attached to an aromatic ring is 1. The van der Waals surface area contributed by atoms with Gasteiger partial charge in [0.25, 0.3) is 0 Å². The van der Waals surface area contributed by atoms with Crippen LogP contribution in [0.2, 0.25) is 15.1 Å². The van der Waals surface area contributed by atoms with Gasteiger partial charge in [-0.3, -0.25) is 0 Å². The highest BCUT2D eigenvalue weighted by Crippen LogP contribution is 2.36. The van der Waals surface area contributed by atoms with Crippen LogP contribution < -0.4 is 10.5 Å². The maximum Gasteiger partial charge on any atom is 0.337 e. The van der Waals surface area contributed by atoms with E-state index >= 15 is 0 Å². The van der Waals surface area contributed by atoms with Crippen molar-refractivity contribution in [1.82, 2.24) is 0 Å².